The summed E-state index contributed by atoms with van der Waals surface area (Å²) in [6, 6.07) is 11.2. The predicted molar refractivity (Wildman–Crippen MR) is 99.0 cm³/mol. The maximum Gasteiger partial charge on any atom is 0.303 e. The van der Waals surface area contributed by atoms with Gasteiger partial charge in [-0.2, -0.15) is 0 Å². The monoisotopic (exact) mass is 401 g/mol. The third kappa shape index (κ3) is 4.66. The molecule has 0 heterocycles. The van der Waals surface area contributed by atoms with E-state index in [1.54, 1.807) is 31.2 Å². The van der Waals surface area contributed by atoms with Crippen molar-refractivity contribution in [1.82, 2.24) is 0 Å². The lowest BCUT2D eigenvalue weighted by Gasteiger charge is -2.26. The molecule has 25 heavy (non-hydrogen) atoms. The van der Waals surface area contributed by atoms with Gasteiger partial charge < -0.3 is 5.11 Å². The van der Waals surface area contributed by atoms with Gasteiger partial charge in [-0.05, 0) is 43.2 Å². The smallest absolute Gasteiger partial charge is 0.303 e. The lowest BCUT2D eigenvalue weighted by molar-refractivity contribution is -0.137. The number of aryl methyl sites for hydroxylation is 1. The number of halogens is 2. The molecule has 0 amide bonds. The highest BCUT2D eigenvalue weighted by Crippen LogP contribution is 2.32. The van der Waals surface area contributed by atoms with Crippen molar-refractivity contribution in [2.24, 2.45) is 0 Å². The van der Waals surface area contributed by atoms with Crippen LogP contribution in [0.1, 0.15) is 18.4 Å². The number of sulfonamides is 1. The molecule has 0 radical (unpaired) electrons. The Labute approximate surface area is 156 Å². The largest absolute Gasteiger partial charge is 0.481 e. The molecule has 1 N–H and O–H groups in total. The summed E-state index contributed by atoms with van der Waals surface area (Å²) in [5, 5.41) is 9.15. The minimum Gasteiger partial charge on any atom is -0.481 e. The molecule has 0 atom stereocenters. The van der Waals surface area contributed by atoms with Crippen molar-refractivity contribution in [3.63, 3.8) is 0 Å². The summed E-state index contributed by atoms with van der Waals surface area (Å²) in [5.41, 5.74) is 1.23. The van der Waals surface area contributed by atoms with E-state index in [9.17, 15) is 13.2 Å². The first kappa shape index (κ1) is 19.6. The number of hydrogen-bond acceptors (Lipinski definition) is 3. The fourth-order valence-corrected chi connectivity index (χ4v) is 4.69. The van der Waals surface area contributed by atoms with Crippen molar-refractivity contribution in [2.45, 2.75) is 24.7 Å². The second-order valence-electron chi connectivity index (χ2n) is 5.44. The van der Waals surface area contributed by atoms with Crippen molar-refractivity contribution in [1.29, 1.82) is 0 Å². The lowest BCUT2D eigenvalue weighted by Crippen LogP contribution is -2.33. The van der Waals surface area contributed by atoms with Crippen LogP contribution < -0.4 is 4.31 Å². The molecule has 0 spiro atoms. The van der Waals surface area contributed by atoms with E-state index < -0.39 is 16.0 Å². The van der Waals surface area contributed by atoms with Crippen LogP contribution in [0.25, 0.3) is 0 Å². The number of benzene rings is 2. The summed E-state index contributed by atoms with van der Waals surface area (Å²) in [7, 11) is -4.00. The van der Waals surface area contributed by atoms with Crippen molar-refractivity contribution in [3.05, 3.63) is 58.1 Å². The molecular weight excluding hydrogens is 385 g/mol. The van der Waals surface area contributed by atoms with E-state index >= 15 is 0 Å². The number of carboxylic acids is 1. The zero-order valence-corrected chi connectivity index (χ0v) is 15.8. The van der Waals surface area contributed by atoms with Crippen molar-refractivity contribution in [3.8, 4) is 0 Å². The van der Waals surface area contributed by atoms with Gasteiger partial charge in [-0.15, -0.1) is 0 Å². The van der Waals surface area contributed by atoms with Crippen molar-refractivity contribution in [2.75, 3.05) is 10.8 Å². The second kappa shape index (κ2) is 8.08. The fourth-order valence-electron chi connectivity index (χ4n) is 2.38. The third-order valence-corrected chi connectivity index (χ3v) is 6.13. The van der Waals surface area contributed by atoms with Crippen LogP contribution in [0.15, 0.2) is 47.4 Å². The fraction of sp³-hybridized carbons (Fsp3) is 0.235. The lowest BCUT2D eigenvalue weighted by atomic mass is 10.2. The molecule has 2 aromatic rings. The van der Waals surface area contributed by atoms with Gasteiger partial charge in [-0.25, -0.2) is 8.42 Å². The van der Waals surface area contributed by atoms with Crippen LogP contribution in [0.3, 0.4) is 0 Å². The summed E-state index contributed by atoms with van der Waals surface area (Å²) in [6.45, 7) is 1.80. The molecule has 2 rings (SSSR count). The minimum atomic E-state index is -4.00. The van der Waals surface area contributed by atoms with Crippen LogP contribution >= 0.6 is 23.2 Å². The maximum absolute atomic E-state index is 13.2. The van der Waals surface area contributed by atoms with E-state index in [0.29, 0.717) is 5.69 Å². The number of para-hydroxylation sites is 1. The molecule has 0 aliphatic carbocycles. The number of carboxylic acid groups (broad SMARTS) is 1. The number of nitrogens with zero attached hydrogens (tertiary/aromatic N) is 1. The Morgan fingerprint density at radius 1 is 1.16 bits per heavy atom. The maximum atomic E-state index is 13.2. The Balaban J connectivity index is 2.51. The number of rotatable bonds is 7. The predicted octanol–water partition coefficient (Wildman–Crippen LogP) is 4.36. The van der Waals surface area contributed by atoms with E-state index in [2.05, 4.69) is 0 Å². The van der Waals surface area contributed by atoms with Crippen LogP contribution in [0.2, 0.25) is 10.0 Å². The first-order valence-corrected chi connectivity index (χ1v) is 9.68. The Morgan fingerprint density at radius 2 is 1.84 bits per heavy atom. The third-order valence-electron chi connectivity index (χ3n) is 3.60. The van der Waals surface area contributed by atoms with E-state index in [0.717, 1.165) is 5.56 Å². The van der Waals surface area contributed by atoms with Crippen LogP contribution in [0.5, 0.6) is 0 Å². The Bertz CT molecular complexity index is 884. The molecular formula is C17H17Cl2NO4S. The minimum absolute atomic E-state index is 0.0162. The van der Waals surface area contributed by atoms with Gasteiger partial charge in [-0.3, -0.25) is 9.10 Å². The van der Waals surface area contributed by atoms with Crippen LogP contribution in [-0.2, 0) is 14.8 Å². The molecule has 0 fully saturated rings. The Kier molecular flexibility index (Phi) is 6.32. The van der Waals surface area contributed by atoms with E-state index in [4.69, 9.17) is 28.3 Å². The molecule has 0 unspecified atom stereocenters. The van der Waals surface area contributed by atoms with Gasteiger partial charge in [0, 0.05) is 18.0 Å². The first-order chi connectivity index (χ1) is 11.7. The molecule has 0 saturated carbocycles. The summed E-state index contributed by atoms with van der Waals surface area (Å²) < 4.78 is 27.5. The molecule has 134 valence electrons. The molecule has 0 saturated heterocycles. The average molecular weight is 402 g/mol. The van der Waals surface area contributed by atoms with Gasteiger partial charge in [0.1, 0.15) is 4.90 Å². The highest BCUT2D eigenvalue weighted by molar-refractivity contribution is 7.93. The zero-order valence-electron chi connectivity index (χ0n) is 13.4. The van der Waals surface area contributed by atoms with E-state index in [-0.39, 0.29) is 34.3 Å². The summed E-state index contributed by atoms with van der Waals surface area (Å²) >= 11 is 12.0. The second-order valence-corrected chi connectivity index (χ2v) is 8.11. The molecule has 2 aromatic carbocycles. The van der Waals surface area contributed by atoms with Gasteiger partial charge in [0.25, 0.3) is 10.0 Å². The first-order valence-electron chi connectivity index (χ1n) is 7.48. The Hall–Kier alpha value is -1.76. The summed E-state index contributed by atoms with van der Waals surface area (Å²) in [6.07, 6.45) is 0.0300. The molecule has 0 aromatic heterocycles. The molecule has 0 aliphatic heterocycles. The highest BCUT2D eigenvalue weighted by atomic mass is 35.5. The van der Waals surface area contributed by atoms with Gasteiger partial charge >= 0.3 is 5.97 Å². The Morgan fingerprint density at radius 3 is 2.48 bits per heavy atom. The normalized spacial score (nSPS) is 11.3. The summed E-state index contributed by atoms with van der Waals surface area (Å²) in [5.74, 6) is -0.983. The SMILES string of the molecule is Cc1ccccc1N(CCCC(=O)O)S(=O)(=O)c1cc(Cl)ccc1Cl. The average Bonchev–Trinajstić information content (AvgIpc) is 2.54. The van der Waals surface area contributed by atoms with Gasteiger partial charge in [0.05, 0.1) is 10.7 Å². The van der Waals surface area contributed by atoms with E-state index in [1.807, 2.05) is 0 Å². The molecule has 0 aliphatic rings. The van der Waals surface area contributed by atoms with Gasteiger partial charge in [0.15, 0.2) is 0 Å². The van der Waals surface area contributed by atoms with Crippen molar-refractivity contribution >= 4 is 44.9 Å². The number of anilines is 1. The highest BCUT2D eigenvalue weighted by Gasteiger charge is 2.28. The van der Waals surface area contributed by atoms with Crippen LogP contribution in [0.4, 0.5) is 5.69 Å². The standard InChI is InChI=1S/C17H17Cl2NO4S/c1-12-5-2-3-6-15(12)20(10-4-7-17(21)22)25(23,24)16-11-13(18)8-9-14(16)19/h2-3,5-6,8-9,11H,4,7,10H2,1H3,(H,21,22). The van der Waals surface area contributed by atoms with Crippen molar-refractivity contribution < 1.29 is 18.3 Å². The number of hydrogen-bond donors (Lipinski definition) is 1. The number of carbonyl (C=O) groups is 1. The number of aliphatic carboxylic acids is 1. The summed E-state index contributed by atoms with van der Waals surface area (Å²) in [4.78, 5) is 10.7. The van der Waals surface area contributed by atoms with Crippen LogP contribution in [-0.4, -0.2) is 26.0 Å². The van der Waals surface area contributed by atoms with Gasteiger partial charge in [-0.1, -0.05) is 41.4 Å². The quantitative estimate of drug-likeness (QED) is 0.747. The molecule has 0 bridgehead atoms. The van der Waals surface area contributed by atoms with Gasteiger partial charge in [0.2, 0.25) is 0 Å². The van der Waals surface area contributed by atoms with Crippen LogP contribution in [0, 0.1) is 6.92 Å². The topological polar surface area (TPSA) is 74.7 Å². The zero-order chi connectivity index (χ0) is 18.6. The molecule has 8 heteroatoms. The molecule has 5 nitrogen and oxygen atoms in total. The van der Waals surface area contributed by atoms with E-state index in [1.165, 1.54) is 22.5 Å².